The molecule has 1 amide bonds. The first kappa shape index (κ1) is 23.8. The molecule has 0 aliphatic carbocycles. The highest BCUT2D eigenvalue weighted by molar-refractivity contribution is 6.31. The fourth-order valence-electron chi connectivity index (χ4n) is 3.50. The third-order valence-electron chi connectivity index (χ3n) is 5.15. The molecule has 0 aromatic heterocycles. The standard InChI is InChI=1S/C25H24ClFN2O5/c26-18-8-9-21-20(14-18)28-24(30)16-29(15-17-4-3-5-19(27)25(17)31)10-11-32-12-13-33-22-6-1-2-7-23(22)34-21/h1-9,14,31H,10-13,15-16H2,(H,28,30). The topological polar surface area (TPSA) is 80.3 Å². The number of rotatable bonds is 2. The highest BCUT2D eigenvalue weighted by Crippen LogP contribution is 2.36. The summed E-state index contributed by atoms with van der Waals surface area (Å²) in [6.07, 6.45) is 0. The quantitative estimate of drug-likeness (QED) is 0.540. The summed E-state index contributed by atoms with van der Waals surface area (Å²) in [6.45, 7) is 1.44. The number of carbonyl (C=O) groups excluding carboxylic acids is 1. The van der Waals surface area contributed by atoms with Gasteiger partial charge in [0, 0.05) is 23.7 Å². The predicted molar refractivity (Wildman–Crippen MR) is 126 cm³/mol. The number of nitrogens with zero attached hydrogens (tertiary/aromatic N) is 1. The summed E-state index contributed by atoms with van der Waals surface area (Å²) in [4.78, 5) is 14.7. The van der Waals surface area contributed by atoms with Gasteiger partial charge in [-0.15, -0.1) is 0 Å². The van der Waals surface area contributed by atoms with E-state index in [1.165, 1.54) is 12.1 Å². The van der Waals surface area contributed by atoms with Crippen molar-refractivity contribution in [2.24, 2.45) is 0 Å². The molecular weight excluding hydrogens is 463 g/mol. The largest absolute Gasteiger partial charge is 0.505 e. The minimum absolute atomic E-state index is 0.0294. The summed E-state index contributed by atoms with van der Waals surface area (Å²) in [7, 11) is 0. The molecule has 0 saturated carbocycles. The molecule has 178 valence electrons. The Balaban J connectivity index is 1.59. The molecule has 2 N–H and O–H groups in total. The van der Waals surface area contributed by atoms with Crippen LogP contribution in [0.4, 0.5) is 10.1 Å². The number of anilines is 1. The van der Waals surface area contributed by atoms with Crippen molar-refractivity contribution in [3.8, 4) is 23.0 Å². The molecule has 1 aliphatic rings. The third-order valence-corrected chi connectivity index (χ3v) is 5.39. The smallest absolute Gasteiger partial charge is 0.238 e. The van der Waals surface area contributed by atoms with Crippen molar-refractivity contribution in [1.82, 2.24) is 4.90 Å². The maximum absolute atomic E-state index is 13.8. The molecule has 3 aromatic carbocycles. The maximum atomic E-state index is 13.8. The van der Waals surface area contributed by atoms with Crippen molar-refractivity contribution in [2.45, 2.75) is 6.54 Å². The van der Waals surface area contributed by atoms with Crippen molar-refractivity contribution in [1.29, 1.82) is 0 Å². The number of para-hydroxylation sites is 3. The zero-order valence-corrected chi connectivity index (χ0v) is 19.1. The van der Waals surface area contributed by atoms with Gasteiger partial charge in [-0.3, -0.25) is 9.69 Å². The van der Waals surface area contributed by atoms with Crippen LogP contribution in [0.3, 0.4) is 0 Å². The van der Waals surface area contributed by atoms with Crippen molar-refractivity contribution < 1.29 is 28.5 Å². The van der Waals surface area contributed by atoms with E-state index in [9.17, 15) is 14.3 Å². The molecule has 0 atom stereocenters. The number of phenols is 1. The van der Waals surface area contributed by atoms with Crippen LogP contribution in [0.15, 0.2) is 60.7 Å². The molecule has 0 unspecified atom stereocenters. The van der Waals surface area contributed by atoms with Crippen LogP contribution in [0.1, 0.15) is 5.56 Å². The first-order chi connectivity index (χ1) is 16.5. The normalized spacial score (nSPS) is 15.5. The lowest BCUT2D eigenvalue weighted by molar-refractivity contribution is -0.117. The van der Waals surface area contributed by atoms with E-state index in [1.807, 2.05) is 12.1 Å². The number of amides is 1. The molecule has 0 spiro atoms. The van der Waals surface area contributed by atoms with E-state index < -0.39 is 11.6 Å². The number of ether oxygens (including phenoxy) is 3. The average Bonchev–Trinajstić information content (AvgIpc) is 2.81. The zero-order valence-electron chi connectivity index (χ0n) is 18.3. The molecule has 3 aromatic rings. The van der Waals surface area contributed by atoms with Gasteiger partial charge in [0.25, 0.3) is 0 Å². The van der Waals surface area contributed by atoms with Crippen LogP contribution in [-0.2, 0) is 16.1 Å². The van der Waals surface area contributed by atoms with Crippen LogP contribution in [0.25, 0.3) is 0 Å². The van der Waals surface area contributed by atoms with Crippen LogP contribution in [0.2, 0.25) is 5.02 Å². The molecule has 7 nitrogen and oxygen atoms in total. The highest BCUT2D eigenvalue weighted by Gasteiger charge is 2.18. The number of benzene rings is 3. The SMILES string of the molecule is O=C1CN(Cc2cccc(F)c2O)CCOCCOc2ccccc2Oc2ccc(Cl)cc2N1. The van der Waals surface area contributed by atoms with Crippen LogP contribution in [-0.4, -0.2) is 48.8 Å². The molecule has 0 radical (unpaired) electrons. The van der Waals surface area contributed by atoms with Crippen molar-refractivity contribution in [2.75, 3.05) is 38.2 Å². The van der Waals surface area contributed by atoms with Gasteiger partial charge >= 0.3 is 0 Å². The summed E-state index contributed by atoms with van der Waals surface area (Å²) >= 11 is 6.17. The molecule has 34 heavy (non-hydrogen) atoms. The molecule has 0 bridgehead atoms. The zero-order chi connectivity index (χ0) is 23.9. The van der Waals surface area contributed by atoms with Gasteiger partial charge < -0.3 is 24.6 Å². The lowest BCUT2D eigenvalue weighted by Crippen LogP contribution is -2.35. The van der Waals surface area contributed by atoms with Crippen LogP contribution >= 0.6 is 11.6 Å². The first-order valence-electron chi connectivity index (χ1n) is 10.7. The van der Waals surface area contributed by atoms with Crippen molar-refractivity contribution in [3.05, 3.63) is 77.1 Å². The summed E-state index contributed by atoms with van der Waals surface area (Å²) < 4.78 is 31.3. The number of hydrogen-bond donors (Lipinski definition) is 2. The fraction of sp³-hybridized carbons (Fsp3) is 0.240. The number of fused-ring (bicyclic) bond motifs is 2. The lowest BCUT2D eigenvalue weighted by Gasteiger charge is -2.22. The summed E-state index contributed by atoms with van der Waals surface area (Å²) in [6, 6.07) is 16.4. The first-order valence-corrected chi connectivity index (χ1v) is 11.1. The van der Waals surface area contributed by atoms with Gasteiger partial charge in [-0.2, -0.15) is 0 Å². The van der Waals surface area contributed by atoms with Crippen molar-refractivity contribution >= 4 is 23.2 Å². The molecule has 1 heterocycles. The van der Waals surface area contributed by atoms with Crippen LogP contribution in [0.5, 0.6) is 23.0 Å². The van der Waals surface area contributed by atoms with E-state index in [0.29, 0.717) is 59.9 Å². The molecule has 0 fully saturated rings. The van der Waals surface area contributed by atoms with Crippen molar-refractivity contribution in [3.63, 3.8) is 0 Å². The summed E-state index contributed by atoms with van der Waals surface area (Å²) in [5.74, 6) is -0.0585. The Hall–Kier alpha value is -3.33. The molecule has 1 aliphatic heterocycles. The Morgan fingerprint density at radius 2 is 1.82 bits per heavy atom. The van der Waals surface area contributed by atoms with Gasteiger partial charge in [0.15, 0.2) is 28.8 Å². The molecule has 9 heteroatoms. The second-order valence-corrected chi connectivity index (χ2v) is 8.09. The number of nitrogens with one attached hydrogen (secondary N) is 1. The number of hydrogen-bond acceptors (Lipinski definition) is 6. The van der Waals surface area contributed by atoms with Gasteiger partial charge in [0.2, 0.25) is 5.91 Å². The Labute approximate surface area is 201 Å². The van der Waals surface area contributed by atoms with E-state index in [-0.39, 0.29) is 19.0 Å². The Kier molecular flexibility index (Phi) is 7.84. The van der Waals surface area contributed by atoms with E-state index in [4.69, 9.17) is 25.8 Å². The second kappa shape index (κ2) is 11.2. The third kappa shape index (κ3) is 6.17. The maximum Gasteiger partial charge on any atom is 0.238 e. The van der Waals surface area contributed by atoms with Crippen LogP contribution in [0, 0.1) is 5.82 Å². The molecular formula is C25H24ClFN2O5. The fourth-order valence-corrected chi connectivity index (χ4v) is 3.67. The Morgan fingerprint density at radius 3 is 2.68 bits per heavy atom. The van der Waals surface area contributed by atoms with Gasteiger partial charge in [-0.05, 0) is 36.4 Å². The van der Waals surface area contributed by atoms with Gasteiger partial charge in [0.05, 0.1) is 25.4 Å². The minimum Gasteiger partial charge on any atom is -0.505 e. The number of carbonyl (C=O) groups is 1. The van der Waals surface area contributed by atoms with E-state index >= 15 is 0 Å². The van der Waals surface area contributed by atoms with E-state index in [1.54, 1.807) is 41.3 Å². The lowest BCUT2D eigenvalue weighted by atomic mass is 10.1. The second-order valence-electron chi connectivity index (χ2n) is 7.66. The van der Waals surface area contributed by atoms with E-state index in [2.05, 4.69) is 5.32 Å². The van der Waals surface area contributed by atoms with Crippen LogP contribution < -0.4 is 14.8 Å². The Bertz CT molecular complexity index is 1160. The Morgan fingerprint density at radius 1 is 1.00 bits per heavy atom. The van der Waals surface area contributed by atoms with Gasteiger partial charge in [-0.1, -0.05) is 35.9 Å². The van der Waals surface area contributed by atoms with E-state index in [0.717, 1.165) is 0 Å². The molecule has 0 saturated heterocycles. The van der Waals surface area contributed by atoms with Gasteiger partial charge in [0.1, 0.15) is 6.61 Å². The minimum atomic E-state index is -0.714. The molecule has 4 rings (SSSR count). The average molecular weight is 487 g/mol. The highest BCUT2D eigenvalue weighted by atomic mass is 35.5. The monoisotopic (exact) mass is 486 g/mol. The number of phenolic OH excluding ortho intramolecular Hbond substituents is 1. The number of halogens is 2. The predicted octanol–water partition coefficient (Wildman–Crippen LogP) is 4.83. The summed E-state index contributed by atoms with van der Waals surface area (Å²) in [5.41, 5.74) is 0.767. The summed E-state index contributed by atoms with van der Waals surface area (Å²) in [5, 5.41) is 13.3. The van der Waals surface area contributed by atoms with Gasteiger partial charge in [-0.25, -0.2) is 4.39 Å². The number of aromatic hydroxyl groups is 1.